The van der Waals surface area contributed by atoms with Crippen molar-refractivity contribution in [2.45, 2.75) is 13.1 Å². The molecule has 2 heterocycles. The maximum Gasteiger partial charge on any atom is 0.270 e. The van der Waals surface area contributed by atoms with Crippen molar-refractivity contribution in [2.75, 3.05) is 38.2 Å². The average Bonchev–Trinajstić information content (AvgIpc) is 2.84. The molecule has 0 radical (unpaired) electrons. The van der Waals surface area contributed by atoms with Gasteiger partial charge >= 0.3 is 0 Å². The van der Waals surface area contributed by atoms with E-state index in [0.29, 0.717) is 4.84 Å². The van der Waals surface area contributed by atoms with Gasteiger partial charge in [0.1, 0.15) is 5.75 Å². The Morgan fingerprint density at radius 3 is 2.62 bits per heavy atom. The van der Waals surface area contributed by atoms with Crippen molar-refractivity contribution in [3.63, 3.8) is 0 Å². The molecule has 136 valence electrons. The van der Waals surface area contributed by atoms with E-state index in [-0.39, 0.29) is 0 Å². The Balaban J connectivity index is 1.46. The van der Waals surface area contributed by atoms with Crippen LogP contribution >= 0.6 is 12.2 Å². The third-order valence-electron chi connectivity index (χ3n) is 4.94. The van der Waals surface area contributed by atoms with Gasteiger partial charge in [-0.3, -0.25) is 9.47 Å². The second kappa shape index (κ2) is 7.51. The number of nitrogens with zero attached hydrogens (tertiary/aromatic N) is 3. The molecular weight excluding hydrogens is 346 g/mol. The van der Waals surface area contributed by atoms with Crippen molar-refractivity contribution in [1.82, 2.24) is 9.47 Å². The van der Waals surface area contributed by atoms with Crippen molar-refractivity contribution in [2.24, 2.45) is 0 Å². The quantitative estimate of drug-likeness (QED) is 0.646. The number of rotatable bonds is 4. The van der Waals surface area contributed by atoms with Crippen molar-refractivity contribution >= 4 is 29.0 Å². The fourth-order valence-electron chi connectivity index (χ4n) is 3.51. The predicted molar refractivity (Wildman–Crippen MR) is 106 cm³/mol. The molecule has 2 aromatic carbocycles. The molecule has 0 amide bonds. The molecule has 0 saturated carbocycles. The summed E-state index contributed by atoms with van der Waals surface area (Å²) in [5.74, 6) is 0.895. The van der Waals surface area contributed by atoms with E-state index in [1.54, 1.807) is 7.11 Å². The number of benzene rings is 2. The minimum atomic E-state index is 0.544. The number of hydrogen-bond acceptors (Lipinski definition) is 5. The normalized spacial score (nSPS) is 16.0. The number of ether oxygens (including phenoxy) is 1. The molecule has 3 aromatic rings. The summed E-state index contributed by atoms with van der Waals surface area (Å²) in [6.07, 6.45) is 1.12. The number of methoxy groups -OCH3 is 1. The minimum Gasteiger partial charge on any atom is -0.497 e. The van der Waals surface area contributed by atoms with E-state index in [2.05, 4.69) is 32.6 Å². The van der Waals surface area contributed by atoms with Gasteiger partial charge in [-0.25, -0.2) is 0 Å². The molecule has 1 aliphatic rings. The molecule has 0 aliphatic carbocycles. The zero-order valence-electron chi connectivity index (χ0n) is 14.9. The van der Waals surface area contributed by atoms with Gasteiger partial charge in [0.05, 0.1) is 19.3 Å². The number of hydrogen-bond donors (Lipinski definition) is 0. The molecule has 1 fully saturated rings. The smallest absolute Gasteiger partial charge is 0.270 e. The van der Waals surface area contributed by atoms with E-state index < -0.39 is 0 Å². The Morgan fingerprint density at radius 2 is 1.81 bits per heavy atom. The van der Waals surface area contributed by atoms with Crippen molar-refractivity contribution < 1.29 is 9.15 Å². The van der Waals surface area contributed by atoms with Crippen LogP contribution in [0.25, 0.3) is 11.1 Å². The van der Waals surface area contributed by atoms with Crippen molar-refractivity contribution in [3.05, 3.63) is 53.4 Å². The summed E-state index contributed by atoms with van der Waals surface area (Å²) >= 11 is 5.43. The van der Waals surface area contributed by atoms with Crippen LogP contribution in [0.4, 0.5) is 5.69 Å². The summed E-state index contributed by atoms with van der Waals surface area (Å²) < 4.78 is 13.1. The Kier molecular flexibility index (Phi) is 4.95. The molecule has 0 unspecified atom stereocenters. The highest BCUT2D eigenvalue weighted by Crippen LogP contribution is 2.22. The lowest BCUT2D eigenvalue weighted by molar-refractivity contribution is 0.231. The summed E-state index contributed by atoms with van der Waals surface area (Å²) in [5, 5.41) is 0. The monoisotopic (exact) mass is 369 g/mol. The lowest BCUT2D eigenvalue weighted by atomic mass is 10.2. The van der Waals surface area contributed by atoms with E-state index in [9.17, 15) is 0 Å². The van der Waals surface area contributed by atoms with Crippen molar-refractivity contribution in [3.8, 4) is 5.75 Å². The first-order valence-corrected chi connectivity index (χ1v) is 9.35. The SMILES string of the molecule is COc1ccc(N2CCCN(Cn3c(=S)oc4ccccc43)CC2)cc1. The fourth-order valence-corrected chi connectivity index (χ4v) is 3.76. The molecular formula is C20H23N3O2S. The molecule has 6 heteroatoms. The fraction of sp³-hybridized carbons (Fsp3) is 0.350. The highest BCUT2D eigenvalue weighted by molar-refractivity contribution is 7.71. The summed E-state index contributed by atoms with van der Waals surface area (Å²) in [6, 6.07) is 16.3. The van der Waals surface area contributed by atoms with Crippen LogP contribution in [0.15, 0.2) is 52.9 Å². The molecule has 0 N–H and O–H groups in total. The molecule has 0 atom stereocenters. The van der Waals surface area contributed by atoms with Crippen LogP contribution < -0.4 is 9.64 Å². The molecule has 0 spiro atoms. The van der Waals surface area contributed by atoms with E-state index in [1.165, 1.54) is 5.69 Å². The van der Waals surface area contributed by atoms with Gasteiger partial charge in [0, 0.05) is 31.9 Å². The highest BCUT2D eigenvalue weighted by atomic mass is 32.1. The van der Waals surface area contributed by atoms with Crippen LogP contribution in [0.5, 0.6) is 5.75 Å². The van der Waals surface area contributed by atoms with Crippen LogP contribution in [0.1, 0.15) is 6.42 Å². The molecule has 0 bridgehead atoms. The summed E-state index contributed by atoms with van der Waals surface area (Å²) in [7, 11) is 1.70. The van der Waals surface area contributed by atoms with Gasteiger partial charge in [0.15, 0.2) is 5.58 Å². The molecule has 26 heavy (non-hydrogen) atoms. The van der Waals surface area contributed by atoms with Crippen LogP contribution in [0.2, 0.25) is 0 Å². The average molecular weight is 369 g/mol. The van der Waals surface area contributed by atoms with Gasteiger partial charge in [-0.05, 0) is 55.0 Å². The van der Waals surface area contributed by atoms with E-state index in [0.717, 1.165) is 56.1 Å². The Hall–Kier alpha value is -2.31. The van der Waals surface area contributed by atoms with Gasteiger partial charge in [-0.15, -0.1) is 0 Å². The zero-order valence-corrected chi connectivity index (χ0v) is 15.7. The van der Waals surface area contributed by atoms with E-state index in [1.807, 2.05) is 30.3 Å². The molecule has 1 aliphatic heterocycles. The lowest BCUT2D eigenvalue weighted by Crippen LogP contribution is -2.32. The van der Waals surface area contributed by atoms with Crippen LogP contribution in [0.3, 0.4) is 0 Å². The van der Waals surface area contributed by atoms with E-state index >= 15 is 0 Å². The second-order valence-electron chi connectivity index (χ2n) is 6.56. The van der Waals surface area contributed by atoms with Gasteiger partial charge in [0.2, 0.25) is 0 Å². The number of anilines is 1. The van der Waals surface area contributed by atoms with Crippen LogP contribution in [0, 0.1) is 4.84 Å². The number of fused-ring (bicyclic) bond motifs is 1. The first kappa shape index (κ1) is 17.1. The second-order valence-corrected chi connectivity index (χ2v) is 6.91. The maximum atomic E-state index is 5.71. The number of oxazole rings is 1. The summed E-state index contributed by atoms with van der Waals surface area (Å²) in [5.41, 5.74) is 3.17. The largest absolute Gasteiger partial charge is 0.497 e. The van der Waals surface area contributed by atoms with Gasteiger partial charge in [0.25, 0.3) is 4.84 Å². The number of aromatic nitrogens is 1. The first-order chi connectivity index (χ1) is 12.7. The van der Waals surface area contributed by atoms with Gasteiger partial charge in [-0.1, -0.05) is 12.1 Å². The molecule has 1 aromatic heterocycles. The maximum absolute atomic E-state index is 5.71. The van der Waals surface area contributed by atoms with Gasteiger partial charge in [-0.2, -0.15) is 0 Å². The molecule has 4 rings (SSSR count). The zero-order chi connectivity index (χ0) is 17.9. The number of para-hydroxylation sites is 2. The molecule has 5 nitrogen and oxygen atoms in total. The third-order valence-corrected chi connectivity index (χ3v) is 5.24. The highest BCUT2D eigenvalue weighted by Gasteiger charge is 2.17. The van der Waals surface area contributed by atoms with Gasteiger partial charge < -0.3 is 14.1 Å². The Bertz CT molecular complexity index is 932. The third kappa shape index (κ3) is 3.48. The molecule has 1 saturated heterocycles. The topological polar surface area (TPSA) is 33.8 Å². The lowest BCUT2D eigenvalue weighted by Gasteiger charge is -2.24. The summed E-state index contributed by atoms with van der Waals surface area (Å²) in [4.78, 5) is 5.43. The van der Waals surface area contributed by atoms with Crippen LogP contribution in [-0.2, 0) is 6.67 Å². The Morgan fingerprint density at radius 1 is 1.00 bits per heavy atom. The summed E-state index contributed by atoms with van der Waals surface area (Å²) in [6.45, 7) is 4.86. The van der Waals surface area contributed by atoms with E-state index in [4.69, 9.17) is 21.4 Å². The predicted octanol–water partition coefficient (Wildman–Crippen LogP) is 4.14. The van der Waals surface area contributed by atoms with Crippen LogP contribution in [-0.4, -0.2) is 42.8 Å². The minimum absolute atomic E-state index is 0.544. The first-order valence-electron chi connectivity index (χ1n) is 8.94. The standard InChI is InChI=1S/C20H23N3O2S/c1-24-17-9-7-16(8-10-17)22-12-4-11-21(13-14-22)15-23-18-5-2-3-6-19(18)25-20(23)26/h2-3,5-10H,4,11-15H2,1H3. The Labute approximate surface area is 158 Å². The van der Waals surface area contributed by atoms with Crippen molar-refractivity contribution in [1.29, 1.82) is 0 Å².